The van der Waals surface area contributed by atoms with Crippen LogP contribution in [-0.4, -0.2) is 71.6 Å². The Morgan fingerprint density at radius 3 is 2.39 bits per heavy atom. The molecule has 38 heavy (non-hydrogen) atoms. The van der Waals surface area contributed by atoms with Gasteiger partial charge in [-0.2, -0.15) is 13.2 Å². The summed E-state index contributed by atoms with van der Waals surface area (Å²) < 4.78 is 93.2. The number of primary sulfonamides is 1. The van der Waals surface area contributed by atoms with Crippen LogP contribution in [0.2, 0.25) is 0 Å². The number of alkyl halides is 3. The summed E-state index contributed by atoms with van der Waals surface area (Å²) in [6.07, 6.45) is -7.78. The number of ether oxygens (including phenoxy) is 1. The Kier molecular flexibility index (Phi) is 6.59. The van der Waals surface area contributed by atoms with Crippen molar-refractivity contribution in [3.8, 4) is 22.5 Å². The zero-order chi connectivity index (χ0) is 28.0. The average Bonchev–Trinajstić information content (AvgIpc) is 3.45. The highest BCUT2D eigenvalue weighted by Gasteiger charge is 2.43. The Labute approximate surface area is 209 Å². The molecule has 7 N–H and O–H groups in total. The molecule has 0 saturated carbocycles. The van der Waals surface area contributed by atoms with Crippen molar-refractivity contribution in [1.82, 2.24) is 30.6 Å². The first-order valence-corrected chi connectivity index (χ1v) is 13.2. The van der Waals surface area contributed by atoms with Gasteiger partial charge in [-0.15, -0.1) is 5.10 Å². The predicted octanol–water partition coefficient (Wildman–Crippen LogP) is -0.485. The summed E-state index contributed by atoms with van der Waals surface area (Å²) in [5, 5.41) is 18.1. The van der Waals surface area contributed by atoms with Gasteiger partial charge in [-0.3, -0.25) is 5.73 Å². The van der Waals surface area contributed by atoms with Gasteiger partial charge in [-0.05, 0) is 28.1 Å². The summed E-state index contributed by atoms with van der Waals surface area (Å²) in [6.45, 7) is 0. The van der Waals surface area contributed by atoms with Crippen molar-refractivity contribution < 1.29 is 39.5 Å². The number of esters is 1. The number of halogens is 3. The quantitative estimate of drug-likeness (QED) is 0.139. The molecule has 4 rings (SSSR count). The topological polar surface area (TPSA) is 250 Å². The van der Waals surface area contributed by atoms with Gasteiger partial charge >= 0.3 is 17.8 Å². The Bertz CT molecular complexity index is 1810. The normalized spacial score (nSPS) is 13.5. The van der Waals surface area contributed by atoms with Crippen LogP contribution in [0.4, 0.5) is 13.2 Å². The van der Waals surface area contributed by atoms with Crippen LogP contribution in [0.25, 0.3) is 33.5 Å². The van der Waals surface area contributed by atoms with E-state index in [1.54, 1.807) is 0 Å². The number of aromatic amines is 3. The van der Waals surface area contributed by atoms with Crippen molar-refractivity contribution >= 4 is 36.9 Å². The third kappa shape index (κ3) is 5.14. The van der Waals surface area contributed by atoms with E-state index in [2.05, 4.69) is 35.3 Å². The average molecular weight is 576 g/mol. The highest BCUT2D eigenvalue weighted by molar-refractivity contribution is 7.93. The summed E-state index contributed by atoms with van der Waals surface area (Å²) in [7, 11) is -9.83. The monoisotopic (exact) mass is 576 g/mol. The van der Waals surface area contributed by atoms with Gasteiger partial charge in [0.1, 0.15) is 10.6 Å². The zero-order valence-electron chi connectivity index (χ0n) is 18.5. The molecule has 0 fully saturated rings. The number of nitrogens with two attached hydrogens (primary N) is 2. The first kappa shape index (κ1) is 26.9. The van der Waals surface area contributed by atoms with Gasteiger partial charge < -0.3 is 14.7 Å². The maximum atomic E-state index is 13.1. The lowest BCUT2D eigenvalue weighted by Crippen LogP contribution is -2.39. The third-order valence-corrected chi connectivity index (χ3v) is 7.94. The minimum atomic E-state index is -5.46. The maximum absolute atomic E-state index is 13.1. The molecule has 1 atom stereocenters. The molecule has 0 aliphatic rings. The molecule has 0 bridgehead atoms. The van der Waals surface area contributed by atoms with Crippen LogP contribution >= 0.6 is 0 Å². The first-order chi connectivity index (χ1) is 17.6. The van der Waals surface area contributed by atoms with Crippen molar-refractivity contribution in [2.75, 3.05) is 5.75 Å². The van der Waals surface area contributed by atoms with Gasteiger partial charge in [0, 0.05) is 11.1 Å². The highest BCUT2D eigenvalue weighted by Crippen LogP contribution is 2.40. The SMILES string of the molecule is NC(CS(=O)(=O)c1ccc(-c2cccc3[nH]c(=O)[nH]c23)c(-c2nnn[nH]2)c1S(N)(=O)=O)OC(=O)C(F)(F)F. The molecule has 0 amide bonds. The molecule has 2 aromatic heterocycles. The second-order valence-corrected chi connectivity index (χ2v) is 11.1. The fraction of sp³-hybridized carbons (Fsp3) is 0.167. The number of tetrazole rings is 1. The van der Waals surface area contributed by atoms with E-state index in [0.717, 1.165) is 12.1 Å². The van der Waals surface area contributed by atoms with Crippen LogP contribution in [0, 0.1) is 0 Å². The number of nitrogens with one attached hydrogen (secondary N) is 3. The van der Waals surface area contributed by atoms with Gasteiger partial charge in [0.2, 0.25) is 10.0 Å². The van der Waals surface area contributed by atoms with E-state index in [9.17, 15) is 39.6 Å². The van der Waals surface area contributed by atoms with Gasteiger partial charge in [0.15, 0.2) is 21.9 Å². The van der Waals surface area contributed by atoms with Crippen molar-refractivity contribution in [2.45, 2.75) is 22.2 Å². The van der Waals surface area contributed by atoms with Crippen LogP contribution < -0.4 is 16.6 Å². The number of nitrogens with zero attached hydrogens (tertiary/aromatic N) is 3. The number of rotatable bonds is 7. The summed E-state index contributed by atoms with van der Waals surface area (Å²) >= 11 is 0. The molecule has 15 nitrogen and oxygen atoms in total. The predicted molar refractivity (Wildman–Crippen MR) is 121 cm³/mol. The largest absolute Gasteiger partial charge is 0.490 e. The molecular formula is C18H15F3N8O7S2. The van der Waals surface area contributed by atoms with E-state index in [0.29, 0.717) is 5.52 Å². The van der Waals surface area contributed by atoms with E-state index in [1.165, 1.54) is 18.2 Å². The highest BCUT2D eigenvalue weighted by atomic mass is 32.2. The van der Waals surface area contributed by atoms with Crippen molar-refractivity contribution in [3.63, 3.8) is 0 Å². The van der Waals surface area contributed by atoms with Crippen LogP contribution in [0.1, 0.15) is 0 Å². The smallest absolute Gasteiger partial charge is 0.439 e. The van der Waals surface area contributed by atoms with Gasteiger partial charge in [0.25, 0.3) is 0 Å². The number of hydrogen-bond acceptors (Lipinski definition) is 11. The summed E-state index contributed by atoms with van der Waals surface area (Å²) in [6, 6.07) is 6.49. The lowest BCUT2D eigenvalue weighted by atomic mass is 9.98. The number of imidazole rings is 1. The van der Waals surface area contributed by atoms with E-state index < -0.39 is 65.0 Å². The summed E-state index contributed by atoms with van der Waals surface area (Å²) in [5.74, 6) is -4.54. The minimum Gasteiger partial charge on any atom is -0.439 e. The Balaban J connectivity index is 1.96. The van der Waals surface area contributed by atoms with Crippen molar-refractivity contribution in [2.24, 2.45) is 10.9 Å². The van der Waals surface area contributed by atoms with Crippen molar-refractivity contribution in [1.29, 1.82) is 0 Å². The molecule has 2 aromatic carbocycles. The van der Waals surface area contributed by atoms with Gasteiger partial charge in [-0.1, -0.05) is 18.2 Å². The number of aromatic nitrogens is 6. The van der Waals surface area contributed by atoms with Gasteiger partial charge in [0.05, 0.1) is 15.9 Å². The van der Waals surface area contributed by atoms with E-state index in [1.807, 2.05) is 0 Å². The van der Waals surface area contributed by atoms with E-state index >= 15 is 0 Å². The minimum absolute atomic E-state index is 0.000160. The Morgan fingerprint density at radius 2 is 1.79 bits per heavy atom. The second kappa shape index (κ2) is 9.31. The number of sulfone groups is 1. The Morgan fingerprint density at radius 1 is 1.08 bits per heavy atom. The molecular weight excluding hydrogens is 561 g/mol. The molecule has 0 spiro atoms. The molecule has 2 heterocycles. The number of sulfonamides is 1. The fourth-order valence-corrected chi connectivity index (χ4v) is 6.55. The summed E-state index contributed by atoms with van der Waals surface area (Å²) in [5.41, 5.74) is 5.00. The van der Waals surface area contributed by atoms with Crippen LogP contribution in [-0.2, 0) is 29.4 Å². The number of para-hydroxylation sites is 1. The van der Waals surface area contributed by atoms with Crippen LogP contribution in [0.3, 0.4) is 0 Å². The number of fused-ring (bicyclic) bond motifs is 1. The fourth-order valence-electron chi connectivity index (χ4n) is 3.64. The standard InChI is InChI=1S/C18H15F3N8O7S2/c19-18(20,21)16(30)36-11(22)6-37(32,33)10-5-4-7(8-2-1-3-9-13(8)25-17(31)24-9)12(14(10)38(23,34)35)15-26-28-29-27-15/h1-5,11H,6,22H2,(H2,23,34,35)(H2,24,25,31)(H,26,27,28,29). The molecule has 0 aliphatic heterocycles. The molecule has 0 saturated heterocycles. The second-order valence-electron chi connectivity index (χ2n) is 7.64. The number of H-pyrrole nitrogens is 3. The van der Waals surface area contributed by atoms with Crippen molar-refractivity contribution in [3.05, 3.63) is 40.8 Å². The molecule has 202 valence electrons. The van der Waals surface area contributed by atoms with Crippen LogP contribution in [0.5, 0.6) is 0 Å². The lowest BCUT2D eigenvalue weighted by molar-refractivity contribution is -0.203. The molecule has 0 radical (unpaired) electrons. The lowest BCUT2D eigenvalue weighted by Gasteiger charge is -2.18. The first-order valence-electron chi connectivity index (χ1n) is 10.0. The molecule has 0 aliphatic carbocycles. The van der Waals surface area contributed by atoms with E-state index in [-0.39, 0.29) is 22.5 Å². The number of carbonyl (C=O) groups is 1. The molecule has 20 heteroatoms. The zero-order valence-corrected chi connectivity index (χ0v) is 20.1. The number of hydrogen-bond donors (Lipinski definition) is 5. The molecule has 4 aromatic rings. The molecule has 1 unspecified atom stereocenters. The summed E-state index contributed by atoms with van der Waals surface area (Å²) in [4.78, 5) is 26.0. The van der Waals surface area contributed by atoms with Gasteiger partial charge in [-0.25, -0.2) is 36.7 Å². The maximum Gasteiger partial charge on any atom is 0.490 e. The number of carbonyl (C=O) groups excluding carboxylic acids is 1. The van der Waals surface area contributed by atoms with E-state index in [4.69, 9.17) is 10.9 Å². The number of benzene rings is 2. The van der Waals surface area contributed by atoms with Crippen LogP contribution in [0.15, 0.2) is 44.9 Å². The Hall–Kier alpha value is -4.14. The third-order valence-electron chi connectivity index (χ3n) is 5.04.